The van der Waals surface area contributed by atoms with Gasteiger partial charge in [0.2, 0.25) is 5.91 Å². The van der Waals surface area contributed by atoms with Gasteiger partial charge in [-0.05, 0) is 0 Å². The molecule has 0 saturated heterocycles. The molecule has 1 amide bonds. The van der Waals surface area contributed by atoms with Crippen LogP contribution in [0.5, 0.6) is 0 Å². The van der Waals surface area contributed by atoms with Crippen molar-refractivity contribution in [1.29, 1.82) is 0 Å². The molecule has 9 nitrogen and oxygen atoms in total. The van der Waals surface area contributed by atoms with Crippen LogP contribution in [0.4, 0.5) is 5.13 Å². The van der Waals surface area contributed by atoms with Crippen molar-refractivity contribution in [3.05, 3.63) is 23.0 Å². The Bertz CT molecular complexity index is 625. The van der Waals surface area contributed by atoms with Gasteiger partial charge in [-0.15, -0.1) is 16.4 Å². The molecule has 2 rings (SSSR count). The third-order valence-corrected chi connectivity index (χ3v) is 3.16. The van der Waals surface area contributed by atoms with Crippen LogP contribution in [-0.2, 0) is 27.4 Å². The van der Waals surface area contributed by atoms with Gasteiger partial charge in [-0.3, -0.25) is 4.79 Å². The fourth-order valence-electron chi connectivity index (χ4n) is 1.57. The van der Waals surface area contributed by atoms with Crippen molar-refractivity contribution in [2.24, 2.45) is 0 Å². The van der Waals surface area contributed by atoms with Crippen molar-refractivity contribution in [1.82, 2.24) is 20.0 Å². The summed E-state index contributed by atoms with van der Waals surface area (Å²) in [7, 11) is 2.71. The highest BCUT2D eigenvalue weighted by Gasteiger charge is 2.21. The number of carbonyl (C=O) groups excluding carboxylic acids is 2. The van der Waals surface area contributed by atoms with E-state index in [2.05, 4.69) is 25.3 Å². The molecule has 0 spiro atoms. The van der Waals surface area contributed by atoms with Gasteiger partial charge >= 0.3 is 5.97 Å². The number of nitrogens with one attached hydrogen (secondary N) is 1. The van der Waals surface area contributed by atoms with Crippen LogP contribution in [0.25, 0.3) is 0 Å². The smallest absolute Gasteiger partial charge is 0.360 e. The predicted octanol–water partition coefficient (Wildman–Crippen LogP) is 0.306. The number of aromatic nitrogens is 4. The molecular formula is C11H13N5O4S. The van der Waals surface area contributed by atoms with E-state index in [0.29, 0.717) is 10.8 Å². The second-order valence-corrected chi connectivity index (χ2v) is 4.75. The third-order valence-electron chi connectivity index (χ3n) is 2.47. The first-order valence-electron chi connectivity index (χ1n) is 5.84. The van der Waals surface area contributed by atoms with Crippen LogP contribution in [0.3, 0.4) is 0 Å². The average molecular weight is 311 g/mol. The van der Waals surface area contributed by atoms with Crippen LogP contribution < -0.4 is 5.32 Å². The number of carbonyl (C=O) groups is 2. The molecule has 10 heteroatoms. The van der Waals surface area contributed by atoms with E-state index in [4.69, 9.17) is 4.74 Å². The molecule has 0 aliphatic heterocycles. The zero-order valence-corrected chi connectivity index (χ0v) is 12.2. The van der Waals surface area contributed by atoms with E-state index in [1.165, 1.54) is 30.2 Å². The van der Waals surface area contributed by atoms with Crippen LogP contribution in [0.1, 0.15) is 16.2 Å². The average Bonchev–Trinajstić information content (AvgIpc) is 3.09. The van der Waals surface area contributed by atoms with Crippen LogP contribution in [0, 0.1) is 0 Å². The quantitative estimate of drug-likeness (QED) is 0.764. The van der Waals surface area contributed by atoms with Crippen molar-refractivity contribution in [3.63, 3.8) is 0 Å². The highest BCUT2D eigenvalue weighted by atomic mass is 32.1. The second kappa shape index (κ2) is 6.90. The molecule has 0 atom stereocenters. The molecule has 0 radical (unpaired) electrons. The van der Waals surface area contributed by atoms with Crippen molar-refractivity contribution in [3.8, 4) is 0 Å². The summed E-state index contributed by atoms with van der Waals surface area (Å²) in [4.78, 5) is 27.4. The fraction of sp³-hybridized carbons (Fsp3) is 0.364. The third kappa shape index (κ3) is 3.61. The monoisotopic (exact) mass is 311 g/mol. The number of esters is 1. The Kier molecular flexibility index (Phi) is 4.95. The largest absolute Gasteiger partial charge is 0.464 e. The van der Waals surface area contributed by atoms with E-state index in [0.717, 1.165) is 0 Å². The summed E-state index contributed by atoms with van der Waals surface area (Å²) in [5, 5.41) is 12.4. The van der Waals surface area contributed by atoms with Crippen molar-refractivity contribution in [2.75, 3.05) is 19.5 Å². The first-order chi connectivity index (χ1) is 10.2. The van der Waals surface area contributed by atoms with Gasteiger partial charge in [0.25, 0.3) is 0 Å². The number of amides is 1. The molecule has 21 heavy (non-hydrogen) atoms. The van der Waals surface area contributed by atoms with Gasteiger partial charge in [-0.25, -0.2) is 14.5 Å². The Morgan fingerprint density at radius 1 is 1.43 bits per heavy atom. The van der Waals surface area contributed by atoms with Gasteiger partial charge < -0.3 is 14.8 Å². The highest BCUT2D eigenvalue weighted by Crippen LogP contribution is 2.12. The first-order valence-corrected chi connectivity index (χ1v) is 6.72. The second-order valence-electron chi connectivity index (χ2n) is 3.85. The SMILES string of the molecule is COCc1c(C(=O)OC)nnn1CC(=O)Nc1nccs1. The lowest BCUT2D eigenvalue weighted by Gasteiger charge is -2.06. The molecule has 0 fully saturated rings. The minimum Gasteiger partial charge on any atom is -0.464 e. The Balaban J connectivity index is 2.13. The summed E-state index contributed by atoms with van der Waals surface area (Å²) in [5.41, 5.74) is 0.403. The number of ether oxygens (including phenoxy) is 2. The van der Waals surface area contributed by atoms with E-state index in [1.54, 1.807) is 11.6 Å². The van der Waals surface area contributed by atoms with E-state index in [-0.39, 0.29) is 24.8 Å². The first kappa shape index (κ1) is 15.1. The molecule has 1 N–H and O–H groups in total. The van der Waals surface area contributed by atoms with Gasteiger partial charge in [0.05, 0.1) is 19.4 Å². The lowest BCUT2D eigenvalue weighted by atomic mass is 10.3. The summed E-state index contributed by atoms with van der Waals surface area (Å²) in [6, 6.07) is 0. The Hall–Kier alpha value is -2.33. The minimum atomic E-state index is -0.631. The number of thiazole rings is 1. The molecule has 2 aromatic rings. The van der Waals surface area contributed by atoms with Crippen LogP contribution in [0.15, 0.2) is 11.6 Å². The number of methoxy groups -OCH3 is 2. The molecular weight excluding hydrogens is 298 g/mol. The Morgan fingerprint density at radius 2 is 2.24 bits per heavy atom. The van der Waals surface area contributed by atoms with E-state index in [9.17, 15) is 9.59 Å². The number of rotatable bonds is 6. The van der Waals surface area contributed by atoms with Crippen LogP contribution in [-0.4, -0.2) is 46.1 Å². The topological polar surface area (TPSA) is 108 Å². The molecule has 0 aliphatic rings. The Morgan fingerprint density at radius 3 is 2.86 bits per heavy atom. The van der Waals surface area contributed by atoms with Gasteiger partial charge in [-0.2, -0.15) is 0 Å². The maximum absolute atomic E-state index is 11.9. The number of hydrogen-bond donors (Lipinski definition) is 1. The van der Waals surface area contributed by atoms with Crippen molar-refractivity contribution < 1.29 is 19.1 Å². The fourth-order valence-corrected chi connectivity index (χ4v) is 2.12. The maximum atomic E-state index is 11.9. The number of anilines is 1. The minimum absolute atomic E-state index is 0.0291. The van der Waals surface area contributed by atoms with Gasteiger partial charge in [-0.1, -0.05) is 5.21 Å². The summed E-state index contributed by atoms with van der Waals surface area (Å²) in [5.74, 6) is -0.961. The Labute approximate surface area is 123 Å². The molecule has 0 saturated carbocycles. The van der Waals surface area contributed by atoms with E-state index in [1.807, 2.05) is 0 Å². The van der Waals surface area contributed by atoms with Gasteiger partial charge in [0, 0.05) is 18.7 Å². The van der Waals surface area contributed by atoms with Crippen molar-refractivity contribution >= 4 is 28.3 Å². The molecule has 2 heterocycles. The maximum Gasteiger partial charge on any atom is 0.360 e. The summed E-state index contributed by atoms with van der Waals surface area (Å²) in [6.07, 6.45) is 1.58. The normalized spacial score (nSPS) is 10.4. The highest BCUT2D eigenvalue weighted by molar-refractivity contribution is 7.13. The van der Waals surface area contributed by atoms with E-state index < -0.39 is 5.97 Å². The number of hydrogen-bond acceptors (Lipinski definition) is 8. The van der Waals surface area contributed by atoms with Crippen molar-refractivity contribution in [2.45, 2.75) is 13.2 Å². The molecule has 2 aromatic heterocycles. The zero-order chi connectivity index (χ0) is 15.2. The zero-order valence-electron chi connectivity index (χ0n) is 11.4. The number of nitrogens with zero attached hydrogens (tertiary/aromatic N) is 4. The standard InChI is InChI=1S/C11H13N5O4S/c1-19-6-7-9(10(18)20-2)14-15-16(7)5-8(17)13-11-12-3-4-21-11/h3-4H,5-6H2,1-2H3,(H,12,13,17). The van der Waals surface area contributed by atoms with E-state index >= 15 is 0 Å². The molecule has 0 aromatic carbocycles. The van der Waals surface area contributed by atoms with Gasteiger partial charge in [0.1, 0.15) is 6.54 Å². The van der Waals surface area contributed by atoms with Crippen LogP contribution >= 0.6 is 11.3 Å². The molecule has 0 aliphatic carbocycles. The van der Waals surface area contributed by atoms with Crippen LogP contribution in [0.2, 0.25) is 0 Å². The molecule has 0 bridgehead atoms. The predicted molar refractivity (Wildman–Crippen MR) is 72.8 cm³/mol. The summed E-state index contributed by atoms with van der Waals surface area (Å²) < 4.78 is 10.9. The lowest BCUT2D eigenvalue weighted by molar-refractivity contribution is -0.117. The summed E-state index contributed by atoms with van der Waals surface area (Å²) >= 11 is 1.30. The van der Waals surface area contributed by atoms with Gasteiger partial charge in [0.15, 0.2) is 10.8 Å². The molecule has 0 unspecified atom stereocenters. The summed E-state index contributed by atoms with van der Waals surface area (Å²) in [6.45, 7) is -0.0236. The lowest BCUT2D eigenvalue weighted by Crippen LogP contribution is -2.21. The molecule has 112 valence electrons.